The first-order valence-corrected chi connectivity index (χ1v) is 14.4. The first kappa shape index (κ1) is 30.9. The molecule has 9 nitrogen and oxygen atoms in total. The van der Waals surface area contributed by atoms with E-state index < -0.39 is 60.4 Å². The summed E-state index contributed by atoms with van der Waals surface area (Å²) in [5.74, 6) is -5.59. The van der Waals surface area contributed by atoms with Crippen LogP contribution in [0.25, 0.3) is 0 Å². The van der Waals surface area contributed by atoms with E-state index in [0.29, 0.717) is 5.56 Å². The molecule has 2 fully saturated rings. The second-order valence-corrected chi connectivity index (χ2v) is 11.3. The second kappa shape index (κ2) is 12.6. The van der Waals surface area contributed by atoms with Gasteiger partial charge in [-0.05, 0) is 62.1 Å². The summed E-state index contributed by atoms with van der Waals surface area (Å²) in [5, 5.41) is 12.3. The fraction of sp³-hybridized carbons (Fsp3) is 0.355. The molecule has 2 unspecified atom stereocenters. The molecule has 2 atom stereocenters. The van der Waals surface area contributed by atoms with Crippen molar-refractivity contribution in [1.82, 2.24) is 15.3 Å². The van der Waals surface area contributed by atoms with Crippen molar-refractivity contribution in [2.24, 2.45) is 0 Å². The minimum Gasteiger partial charge on any atom is -0.351 e. The third kappa shape index (κ3) is 6.53. The van der Waals surface area contributed by atoms with Crippen LogP contribution in [0.1, 0.15) is 61.4 Å². The van der Waals surface area contributed by atoms with Crippen LogP contribution in [0, 0.1) is 24.1 Å². The Balaban J connectivity index is 1.61. The number of amides is 3. The lowest BCUT2D eigenvalue weighted by molar-refractivity contribution is -0.128. The van der Waals surface area contributed by atoms with Gasteiger partial charge in [-0.3, -0.25) is 24.2 Å². The van der Waals surface area contributed by atoms with Crippen molar-refractivity contribution in [2.45, 2.75) is 69.5 Å². The van der Waals surface area contributed by atoms with Gasteiger partial charge >= 0.3 is 0 Å². The van der Waals surface area contributed by atoms with Crippen molar-refractivity contribution in [1.29, 1.82) is 5.26 Å². The van der Waals surface area contributed by atoms with Gasteiger partial charge in [0.15, 0.2) is 0 Å². The SMILES string of the molecule is Cc1cc(F)cc(N(C(=O)C2CCC(=O)N2c2nccc(C#N)n2)C(C(=O)NC2CCC(F)(F)CC2)c2ccccc2Cl)c1. The molecule has 1 aromatic heterocycles. The molecule has 44 heavy (non-hydrogen) atoms. The van der Waals surface area contributed by atoms with Crippen LogP contribution in [0.2, 0.25) is 5.02 Å². The van der Waals surface area contributed by atoms with E-state index >= 15 is 0 Å². The van der Waals surface area contributed by atoms with Gasteiger partial charge in [-0.2, -0.15) is 5.26 Å². The maximum absolute atomic E-state index is 14.9. The van der Waals surface area contributed by atoms with Crippen molar-refractivity contribution < 1.29 is 27.6 Å². The van der Waals surface area contributed by atoms with Gasteiger partial charge in [0.05, 0.1) is 0 Å². The molecule has 1 saturated carbocycles. The molecule has 1 N–H and O–H groups in total. The Morgan fingerprint density at radius 3 is 2.57 bits per heavy atom. The average molecular weight is 625 g/mol. The molecule has 1 saturated heterocycles. The highest BCUT2D eigenvalue weighted by Crippen LogP contribution is 2.38. The summed E-state index contributed by atoms with van der Waals surface area (Å²) in [6, 6.07) is 10.2. The Hall–Kier alpha value is -4.50. The number of carbonyl (C=O) groups is 3. The lowest BCUT2D eigenvalue weighted by Gasteiger charge is -2.37. The number of nitrogens with zero attached hydrogens (tertiary/aromatic N) is 5. The summed E-state index contributed by atoms with van der Waals surface area (Å²) in [4.78, 5) is 52.2. The summed E-state index contributed by atoms with van der Waals surface area (Å²) in [6.45, 7) is 1.62. The van der Waals surface area contributed by atoms with E-state index in [1.807, 2.05) is 6.07 Å². The number of carbonyl (C=O) groups excluding carboxylic acids is 3. The highest BCUT2D eigenvalue weighted by atomic mass is 35.5. The van der Waals surface area contributed by atoms with Gasteiger partial charge in [0.2, 0.25) is 23.7 Å². The number of anilines is 2. The second-order valence-electron chi connectivity index (χ2n) is 10.9. The Bertz CT molecular complexity index is 1620. The molecule has 1 aliphatic heterocycles. The molecular weight excluding hydrogens is 597 g/mol. The molecule has 0 bridgehead atoms. The first-order valence-electron chi connectivity index (χ1n) is 14.1. The van der Waals surface area contributed by atoms with Crippen LogP contribution >= 0.6 is 11.6 Å². The molecule has 13 heteroatoms. The Morgan fingerprint density at radius 2 is 1.89 bits per heavy atom. The fourth-order valence-electron chi connectivity index (χ4n) is 5.67. The normalized spacial score (nSPS) is 18.9. The van der Waals surface area contributed by atoms with Crippen molar-refractivity contribution >= 4 is 41.0 Å². The predicted molar refractivity (Wildman–Crippen MR) is 155 cm³/mol. The number of hydrogen-bond acceptors (Lipinski definition) is 6. The molecule has 3 aromatic rings. The van der Waals surface area contributed by atoms with Crippen molar-refractivity contribution in [3.63, 3.8) is 0 Å². The first-order chi connectivity index (χ1) is 21.0. The standard InChI is InChI=1S/C31H28ClF3N6O3/c1-18-14-19(33)16-22(15-18)40(29(44)25-6-7-26(42)41(25)30-37-13-10-21(17-36)39-30)27(23-4-2-3-5-24(23)32)28(43)38-20-8-11-31(34,35)12-9-20/h2-5,10,13-16,20,25,27H,6-9,11-12H2,1H3,(H,38,43). The lowest BCUT2D eigenvalue weighted by Crippen LogP contribution is -2.53. The van der Waals surface area contributed by atoms with E-state index in [-0.39, 0.29) is 53.6 Å². The largest absolute Gasteiger partial charge is 0.351 e. The number of halogens is 4. The van der Waals surface area contributed by atoms with E-state index in [2.05, 4.69) is 15.3 Å². The number of aryl methyl sites for hydroxylation is 1. The number of aromatic nitrogens is 2. The highest BCUT2D eigenvalue weighted by molar-refractivity contribution is 6.31. The van der Waals surface area contributed by atoms with Crippen LogP contribution in [0.5, 0.6) is 0 Å². The van der Waals surface area contributed by atoms with Crippen LogP contribution in [0.3, 0.4) is 0 Å². The molecule has 2 heterocycles. The number of alkyl halides is 2. The van der Waals surface area contributed by atoms with Gasteiger partial charge in [0.25, 0.3) is 5.91 Å². The molecule has 0 radical (unpaired) electrons. The Labute approximate surface area is 256 Å². The van der Waals surface area contributed by atoms with Gasteiger partial charge < -0.3 is 5.32 Å². The quantitative estimate of drug-likeness (QED) is 0.375. The van der Waals surface area contributed by atoms with Gasteiger partial charge in [0, 0.05) is 47.8 Å². The molecule has 0 spiro atoms. The minimum atomic E-state index is -2.83. The van der Waals surface area contributed by atoms with E-state index in [0.717, 1.165) is 15.9 Å². The molecule has 228 valence electrons. The number of hydrogen-bond donors (Lipinski definition) is 1. The minimum absolute atomic E-state index is 0.0220. The van der Waals surface area contributed by atoms with Crippen LogP contribution in [-0.2, 0) is 14.4 Å². The lowest BCUT2D eigenvalue weighted by atomic mass is 9.91. The van der Waals surface area contributed by atoms with Gasteiger partial charge in [-0.1, -0.05) is 29.8 Å². The predicted octanol–water partition coefficient (Wildman–Crippen LogP) is 5.41. The number of rotatable bonds is 7. The van der Waals surface area contributed by atoms with E-state index in [4.69, 9.17) is 11.6 Å². The van der Waals surface area contributed by atoms with Crippen molar-refractivity contribution in [3.05, 3.63) is 82.4 Å². The summed E-state index contributed by atoms with van der Waals surface area (Å²) in [5.41, 5.74) is 0.662. The van der Waals surface area contributed by atoms with Gasteiger partial charge in [-0.15, -0.1) is 0 Å². The third-order valence-electron chi connectivity index (χ3n) is 7.78. The molecule has 2 aliphatic rings. The zero-order valence-corrected chi connectivity index (χ0v) is 24.4. The van der Waals surface area contributed by atoms with Crippen LogP contribution in [0.4, 0.5) is 24.8 Å². The topological polar surface area (TPSA) is 119 Å². The van der Waals surface area contributed by atoms with E-state index in [1.165, 1.54) is 30.5 Å². The van der Waals surface area contributed by atoms with Gasteiger partial charge in [-0.25, -0.2) is 23.1 Å². The summed E-state index contributed by atoms with van der Waals surface area (Å²) in [6.07, 6.45) is 0.512. The molecule has 5 rings (SSSR count). The maximum atomic E-state index is 14.9. The average Bonchev–Trinajstić information content (AvgIpc) is 3.38. The number of nitrogens with one attached hydrogen (secondary N) is 1. The summed E-state index contributed by atoms with van der Waals surface area (Å²) < 4.78 is 42.6. The third-order valence-corrected chi connectivity index (χ3v) is 8.13. The highest BCUT2D eigenvalue weighted by Gasteiger charge is 2.45. The Kier molecular flexibility index (Phi) is 8.87. The number of benzene rings is 2. The van der Waals surface area contributed by atoms with E-state index in [9.17, 15) is 32.8 Å². The zero-order chi connectivity index (χ0) is 31.6. The summed E-state index contributed by atoms with van der Waals surface area (Å²) in [7, 11) is 0. The fourth-order valence-corrected chi connectivity index (χ4v) is 5.91. The maximum Gasteiger partial charge on any atom is 0.251 e. The van der Waals surface area contributed by atoms with Gasteiger partial charge in [0.1, 0.15) is 29.7 Å². The van der Waals surface area contributed by atoms with E-state index in [1.54, 1.807) is 25.1 Å². The number of nitriles is 1. The smallest absolute Gasteiger partial charge is 0.251 e. The van der Waals surface area contributed by atoms with Crippen molar-refractivity contribution in [2.75, 3.05) is 9.80 Å². The van der Waals surface area contributed by atoms with Crippen LogP contribution in [0.15, 0.2) is 54.7 Å². The van der Waals surface area contributed by atoms with Crippen LogP contribution in [-0.4, -0.2) is 45.7 Å². The monoisotopic (exact) mass is 624 g/mol. The molecule has 1 aliphatic carbocycles. The molecule has 3 amide bonds. The van der Waals surface area contributed by atoms with Crippen molar-refractivity contribution in [3.8, 4) is 6.07 Å². The molecule has 2 aromatic carbocycles. The Morgan fingerprint density at radius 1 is 1.16 bits per heavy atom. The molecular formula is C31H28ClF3N6O3. The zero-order valence-electron chi connectivity index (χ0n) is 23.6. The summed E-state index contributed by atoms with van der Waals surface area (Å²) >= 11 is 6.58. The van der Waals surface area contributed by atoms with Crippen LogP contribution < -0.4 is 15.1 Å².